The maximum atomic E-state index is 12.0. The van der Waals surface area contributed by atoms with Gasteiger partial charge in [-0.2, -0.15) is 0 Å². The van der Waals surface area contributed by atoms with Crippen LogP contribution >= 0.6 is 23.6 Å². The number of morpholine rings is 1. The van der Waals surface area contributed by atoms with Crippen molar-refractivity contribution in [1.82, 2.24) is 21.2 Å². The van der Waals surface area contributed by atoms with E-state index in [0.717, 1.165) is 18.2 Å². The van der Waals surface area contributed by atoms with Crippen molar-refractivity contribution < 1.29 is 9.53 Å². The molecule has 1 fully saturated rings. The lowest BCUT2D eigenvalue weighted by molar-refractivity contribution is 0.0939. The Labute approximate surface area is 133 Å². The largest absolute Gasteiger partial charge is 0.378 e. The van der Waals surface area contributed by atoms with Crippen molar-refractivity contribution in [3.8, 4) is 0 Å². The highest BCUT2D eigenvalue weighted by molar-refractivity contribution is 7.80. The van der Waals surface area contributed by atoms with Crippen molar-refractivity contribution in [2.45, 2.75) is 19.9 Å². The second-order valence-electron chi connectivity index (χ2n) is 4.82. The number of aromatic nitrogens is 1. The third-order valence-corrected chi connectivity index (χ3v) is 3.84. The number of hydrazine groups is 1. The van der Waals surface area contributed by atoms with E-state index >= 15 is 0 Å². The Hall–Kier alpha value is -1.45. The number of rotatable bonds is 3. The Kier molecular flexibility index (Phi) is 5.71. The Morgan fingerprint density at radius 2 is 2.14 bits per heavy atom. The molecule has 2 rings (SSSR count). The molecule has 116 valence electrons. The first-order chi connectivity index (χ1) is 10.1. The average molecular weight is 329 g/mol. The number of carbonyl (C=O) groups excluding carboxylic acids is 1. The number of thiocarbonyl (C=S) groups is 1. The number of thiazole rings is 1. The fourth-order valence-electron chi connectivity index (χ4n) is 1.74. The van der Waals surface area contributed by atoms with E-state index in [9.17, 15) is 4.79 Å². The number of hydrogen-bond acceptors (Lipinski definition) is 6. The van der Waals surface area contributed by atoms with Crippen molar-refractivity contribution in [2.24, 2.45) is 0 Å². The normalized spacial score (nSPS) is 14.9. The predicted octanol–water partition coefficient (Wildman–Crippen LogP) is 0.497. The molecule has 2 heterocycles. The molecule has 9 heteroatoms. The second kappa shape index (κ2) is 7.53. The summed E-state index contributed by atoms with van der Waals surface area (Å²) < 4.78 is 5.30. The van der Waals surface area contributed by atoms with Crippen molar-refractivity contribution >= 4 is 39.7 Å². The lowest BCUT2D eigenvalue weighted by Crippen LogP contribution is -2.48. The molecule has 21 heavy (non-hydrogen) atoms. The van der Waals surface area contributed by atoms with Crippen LogP contribution in [0.5, 0.6) is 0 Å². The molecule has 0 saturated carbocycles. The molecule has 0 spiro atoms. The lowest BCUT2D eigenvalue weighted by atomic mass is 10.4. The first-order valence-electron chi connectivity index (χ1n) is 6.71. The van der Waals surface area contributed by atoms with Gasteiger partial charge < -0.3 is 15.0 Å². The Bertz CT molecular complexity index is 500. The van der Waals surface area contributed by atoms with Gasteiger partial charge in [0, 0.05) is 24.5 Å². The van der Waals surface area contributed by atoms with Crippen LogP contribution in [0.15, 0.2) is 5.38 Å². The Balaban J connectivity index is 1.85. The number of nitrogens with one attached hydrogen (secondary N) is 3. The van der Waals surface area contributed by atoms with Crippen LogP contribution in [0.4, 0.5) is 5.13 Å². The van der Waals surface area contributed by atoms with Gasteiger partial charge in [0.15, 0.2) is 10.2 Å². The fraction of sp³-hybridized carbons (Fsp3) is 0.583. The number of nitrogens with zero attached hydrogens (tertiary/aromatic N) is 2. The van der Waals surface area contributed by atoms with E-state index in [1.807, 2.05) is 13.8 Å². The van der Waals surface area contributed by atoms with E-state index in [1.54, 1.807) is 5.38 Å². The summed E-state index contributed by atoms with van der Waals surface area (Å²) in [6.45, 7) is 6.91. The predicted molar refractivity (Wildman–Crippen MR) is 86.6 cm³/mol. The molecular formula is C12H19N5O2S2. The zero-order chi connectivity index (χ0) is 15.2. The summed E-state index contributed by atoms with van der Waals surface area (Å²) in [5.41, 5.74) is 5.56. The number of anilines is 1. The molecule has 1 aliphatic rings. The standard InChI is InChI=1S/C12H19N5O2S2/c1-8(2)13-11(20)16-15-10(18)9-7-21-12(14-9)17-3-5-19-6-4-17/h7-8H,3-6H2,1-2H3,(H,15,18)(H2,13,16,20). The van der Waals surface area contributed by atoms with Crippen molar-refractivity contribution in [2.75, 3.05) is 31.2 Å². The highest BCUT2D eigenvalue weighted by Crippen LogP contribution is 2.21. The first kappa shape index (κ1) is 15.9. The van der Waals surface area contributed by atoms with Crippen molar-refractivity contribution in [3.05, 3.63) is 11.1 Å². The van der Waals surface area contributed by atoms with Gasteiger partial charge in [-0.15, -0.1) is 11.3 Å². The molecule has 0 bridgehead atoms. The summed E-state index contributed by atoms with van der Waals surface area (Å²) in [5.74, 6) is -0.307. The monoisotopic (exact) mass is 329 g/mol. The van der Waals surface area contributed by atoms with Crippen LogP contribution < -0.4 is 21.1 Å². The van der Waals surface area contributed by atoms with Crippen LogP contribution in [0.25, 0.3) is 0 Å². The molecule has 0 aromatic carbocycles. The molecule has 1 saturated heterocycles. The van der Waals surface area contributed by atoms with Gasteiger partial charge >= 0.3 is 0 Å². The van der Waals surface area contributed by atoms with E-state index in [0.29, 0.717) is 24.0 Å². The first-order valence-corrected chi connectivity index (χ1v) is 8.00. The highest BCUT2D eigenvalue weighted by atomic mass is 32.1. The summed E-state index contributed by atoms with van der Waals surface area (Å²) >= 11 is 6.48. The molecule has 0 atom stereocenters. The maximum absolute atomic E-state index is 12.0. The lowest BCUT2D eigenvalue weighted by Gasteiger charge is -2.25. The molecule has 0 unspecified atom stereocenters. The van der Waals surface area contributed by atoms with Crippen LogP contribution in [-0.4, -0.2) is 48.3 Å². The van der Waals surface area contributed by atoms with Gasteiger partial charge in [0.25, 0.3) is 5.91 Å². The molecule has 1 aromatic rings. The molecule has 3 N–H and O–H groups in total. The van der Waals surface area contributed by atoms with Crippen LogP contribution in [0.2, 0.25) is 0 Å². The van der Waals surface area contributed by atoms with Gasteiger partial charge in [0.05, 0.1) is 13.2 Å². The number of ether oxygens (including phenoxy) is 1. The SMILES string of the molecule is CC(C)NC(=S)NNC(=O)c1csc(N2CCOCC2)n1. The number of carbonyl (C=O) groups is 1. The summed E-state index contributed by atoms with van der Waals surface area (Å²) in [6, 6.07) is 0.203. The van der Waals surface area contributed by atoms with E-state index in [2.05, 4.69) is 26.1 Å². The van der Waals surface area contributed by atoms with Crippen LogP contribution in [0, 0.1) is 0 Å². The summed E-state index contributed by atoms with van der Waals surface area (Å²) in [7, 11) is 0. The van der Waals surface area contributed by atoms with E-state index < -0.39 is 0 Å². The summed E-state index contributed by atoms with van der Waals surface area (Å²) in [4.78, 5) is 18.4. The van der Waals surface area contributed by atoms with Gasteiger partial charge in [-0.3, -0.25) is 15.6 Å². The molecule has 0 radical (unpaired) electrons. The Morgan fingerprint density at radius 1 is 1.43 bits per heavy atom. The van der Waals surface area contributed by atoms with Gasteiger partial charge in [0.2, 0.25) is 0 Å². The quantitative estimate of drug-likeness (QED) is 0.550. The third-order valence-electron chi connectivity index (χ3n) is 2.72. The van der Waals surface area contributed by atoms with E-state index in [4.69, 9.17) is 17.0 Å². The third kappa shape index (κ3) is 4.80. The zero-order valence-corrected chi connectivity index (χ0v) is 13.6. The van der Waals surface area contributed by atoms with Crippen LogP contribution in [0.3, 0.4) is 0 Å². The van der Waals surface area contributed by atoms with Crippen molar-refractivity contribution in [3.63, 3.8) is 0 Å². The molecule has 1 amide bonds. The van der Waals surface area contributed by atoms with Crippen molar-refractivity contribution in [1.29, 1.82) is 0 Å². The highest BCUT2D eigenvalue weighted by Gasteiger charge is 2.17. The molecule has 1 aliphatic heterocycles. The zero-order valence-electron chi connectivity index (χ0n) is 12.0. The molecule has 0 aliphatic carbocycles. The maximum Gasteiger partial charge on any atom is 0.289 e. The molecule has 1 aromatic heterocycles. The van der Waals surface area contributed by atoms with Gasteiger partial charge in [0.1, 0.15) is 5.69 Å². The van der Waals surface area contributed by atoms with Gasteiger partial charge in [-0.1, -0.05) is 0 Å². The van der Waals surface area contributed by atoms with E-state index in [1.165, 1.54) is 11.3 Å². The van der Waals surface area contributed by atoms with Crippen LogP contribution in [0.1, 0.15) is 24.3 Å². The fourth-order valence-corrected chi connectivity index (χ4v) is 2.89. The second-order valence-corrected chi connectivity index (χ2v) is 6.07. The van der Waals surface area contributed by atoms with Crippen LogP contribution in [-0.2, 0) is 4.74 Å². The van der Waals surface area contributed by atoms with E-state index in [-0.39, 0.29) is 11.9 Å². The van der Waals surface area contributed by atoms with Gasteiger partial charge in [-0.25, -0.2) is 4.98 Å². The summed E-state index contributed by atoms with van der Waals surface area (Å²) in [5, 5.41) is 5.93. The topological polar surface area (TPSA) is 78.5 Å². The number of amides is 1. The van der Waals surface area contributed by atoms with Gasteiger partial charge in [-0.05, 0) is 26.1 Å². The minimum atomic E-state index is -0.307. The summed E-state index contributed by atoms with van der Waals surface area (Å²) in [6.07, 6.45) is 0. The smallest absolute Gasteiger partial charge is 0.289 e. The number of hydrogen-bond donors (Lipinski definition) is 3. The minimum Gasteiger partial charge on any atom is -0.378 e. The average Bonchev–Trinajstić information content (AvgIpc) is 2.95. The Morgan fingerprint density at radius 3 is 2.81 bits per heavy atom. The molecular weight excluding hydrogens is 310 g/mol. The molecule has 7 nitrogen and oxygen atoms in total. The minimum absolute atomic E-state index is 0.203.